The lowest BCUT2D eigenvalue weighted by Gasteiger charge is -2.17. The van der Waals surface area contributed by atoms with Crippen molar-refractivity contribution >= 4 is 24.1 Å². The molecule has 0 aromatic heterocycles. The quantitative estimate of drug-likeness (QED) is 0.648. The summed E-state index contributed by atoms with van der Waals surface area (Å²) in [6.45, 7) is 10.1. The molecule has 0 aliphatic carbocycles. The molecule has 1 aromatic carbocycles. The molecule has 1 N–H and O–H groups in total. The molecule has 0 saturated carbocycles. The topological polar surface area (TPSA) is 49.7 Å². The van der Waals surface area contributed by atoms with Crippen molar-refractivity contribution in [1.82, 2.24) is 0 Å². The zero-order valence-electron chi connectivity index (χ0n) is 12.2. The third kappa shape index (κ3) is 3.60. The SMILES string of the molecule is CCSN=Cc1cc(C(=O)O)c(C)c(C)c1C(C)C. The van der Waals surface area contributed by atoms with Crippen LogP contribution < -0.4 is 0 Å². The van der Waals surface area contributed by atoms with E-state index in [9.17, 15) is 9.90 Å². The van der Waals surface area contributed by atoms with Crippen LogP contribution in [0.5, 0.6) is 0 Å². The van der Waals surface area contributed by atoms with E-state index in [1.54, 1.807) is 12.3 Å². The van der Waals surface area contributed by atoms with Crippen molar-refractivity contribution in [2.45, 2.75) is 40.5 Å². The molecule has 0 bridgehead atoms. The first kappa shape index (κ1) is 15.8. The molecule has 0 heterocycles. The van der Waals surface area contributed by atoms with Gasteiger partial charge in [-0.15, -0.1) is 0 Å². The zero-order valence-corrected chi connectivity index (χ0v) is 13.0. The number of rotatable bonds is 5. The monoisotopic (exact) mass is 279 g/mol. The van der Waals surface area contributed by atoms with Crippen LogP contribution in [0.25, 0.3) is 0 Å². The standard InChI is InChI=1S/C15H21NO2S/c1-6-19-16-8-12-7-13(15(17)18)10(4)11(5)14(12)9(2)3/h7-9H,6H2,1-5H3,(H,17,18). The fourth-order valence-corrected chi connectivity index (χ4v) is 2.56. The maximum atomic E-state index is 11.3. The maximum Gasteiger partial charge on any atom is 0.335 e. The second-order valence-corrected chi connectivity index (χ2v) is 5.84. The van der Waals surface area contributed by atoms with Gasteiger partial charge in [-0.25, -0.2) is 9.19 Å². The smallest absolute Gasteiger partial charge is 0.335 e. The Hall–Kier alpha value is -1.29. The number of aromatic carboxylic acids is 1. The highest BCUT2D eigenvalue weighted by Gasteiger charge is 2.17. The molecule has 0 unspecified atom stereocenters. The summed E-state index contributed by atoms with van der Waals surface area (Å²) in [5, 5.41) is 9.27. The maximum absolute atomic E-state index is 11.3. The molecule has 0 spiro atoms. The van der Waals surface area contributed by atoms with Crippen molar-refractivity contribution in [2.24, 2.45) is 4.40 Å². The van der Waals surface area contributed by atoms with Crippen molar-refractivity contribution in [3.05, 3.63) is 33.9 Å². The Morgan fingerprint density at radius 2 is 2.05 bits per heavy atom. The summed E-state index contributed by atoms with van der Waals surface area (Å²) in [4.78, 5) is 11.3. The minimum absolute atomic E-state index is 0.342. The van der Waals surface area contributed by atoms with Gasteiger partial charge in [-0.3, -0.25) is 0 Å². The van der Waals surface area contributed by atoms with E-state index < -0.39 is 5.97 Å². The molecule has 0 saturated heterocycles. The molecule has 4 heteroatoms. The number of nitrogens with zero attached hydrogens (tertiary/aromatic N) is 1. The van der Waals surface area contributed by atoms with E-state index in [1.807, 2.05) is 20.8 Å². The zero-order chi connectivity index (χ0) is 14.6. The van der Waals surface area contributed by atoms with Crippen LogP contribution in [-0.2, 0) is 0 Å². The molecule has 3 nitrogen and oxygen atoms in total. The molecular weight excluding hydrogens is 258 g/mol. The van der Waals surface area contributed by atoms with E-state index in [2.05, 4.69) is 18.2 Å². The number of carboxylic acid groups (broad SMARTS) is 1. The van der Waals surface area contributed by atoms with Crippen LogP contribution in [0.2, 0.25) is 0 Å². The summed E-state index contributed by atoms with van der Waals surface area (Å²) in [6.07, 6.45) is 1.78. The van der Waals surface area contributed by atoms with Gasteiger partial charge in [0.2, 0.25) is 0 Å². The van der Waals surface area contributed by atoms with Crippen molar-refractivity contribution < 1.29 is 9.90 Å². The number of hydrogen-bond donors (Lipinski definition) is 1. The van der Waals surface area contributed by atoms with Crippen molar-refractivity contribution in [1.29, 1.82) is 0 Å². The van der Waals surface area contributed by atoms with E-state index >= 15 is 0 Å². The molecule has 0 amide bonds. The lowest BCUT2D eigenvalue weighted by molar-refractivity contribution is 0.0696. The minimum Gasteiger partial charge on any atom is -0.478 e. The van der Waals surface area contributed by atoms with Gasteiger partial charge in [-0.05, 0) is 60.0 Å². The van der Waals surface area contributed by atoms with E-state index in [1.165, 1.54) is 17.5 Å². The third-order valence-electron chi connectivity index (χ3n) is 3.18. The molecule has 0 aliphatic rings. The summed E-state index contributed by atoms with van der Waals surface area (Å²) >= 11 is 1.47. The molecule has 104 valence electrons. The van der Waals surface area contributed by atoms with Gasteiger partial charge in [0.25, 0.3) is 0 Å². The van der Waals surface area contributed by atoms with E-state index in [0.717, 1.165) is 22.4 Å². The summed E-state index contributed by atoms with van der Waals surface area (Å²) < 4.78 is 4.27. The van der Waals surface area contributed by atoms with Gasteiger partial charge in [0.05, 0.1) is 5.56 Å². The van der Waals surface area contributed by atoms with Crippen LogP contribution in [0, 0.1) is 13.8 Å². The largest absolute Gasteiger partial charge is 0.478 e. The Morgan fingerprint density at radius 3 is 2.53 bits per heavy atom. The van der Waals surface area contributed by atoms with Crippen molar-refractivity contribution in [3.8, 4) is 0 Å². The lowest BCUT2D eigenvalue weighted by atomic mass is 9.87. The average molecular weight is 279 g/mol. The van der Waals surface area contributed by atoms with Gasteiger partial charge >= 0.3 is 5.97 Å². The van der Waals surface area contributed by atoms with Gasteiger partial charge in [-0.1, -0.05) is 20.8 Å². The van der Waals surface area contributed by atoms with E-state index in [0.29, 0.717) is 11.5 Å². The minimum atomic E-state index is -0.881. The normalized spacial score (nSPS) is 11.5. The molecule has 19 heavy (non-hydrogen) atoms. The third-order valence-corrected chi connectivity index (χ3v) is 3.70. The van der Waals surface area contributed by atoms with Crippen LogP contribution in [0.3, 0.4) is 0 Å². The van der Waals surface area contributed by atoms with Gasteiger partial charge in [0, 0.05) is 12.0 Å². The van der Waals surface area contributed by atoms with Gasteiger partial charge in [0.1, 0.15) is 0 Å². The summed E-state index contributed by atoms with van der Waals surface area (Å²) in [5.74, 6) is 0.368. The second-order valence-electron chi connectivity index (χ2n) is 4.79. The summed E-state index contributed by atoms with van der Waals surface area (Å²) in [7, 11) is 0. The van der Waals surface area contributed by atoms with E-state index in [4.69, 9.17) is 0 Å². The Labute approximate surface area is 119 Å². The molecule has 1 aromatic rings. The molecule has 0 radical (unpaired) electrons. The number of carboxylic acids is 1. The van der Waals surface area contributed by atoms with Crippen LogP contribution in [0.15, 0.2) is 10.5 Å². The van der Waals surface area contributed by atoms with Crippen LogP contribution >= 0.6 is 11.9 Å². The van der Waals surface area contributed by atoms with Crippen LogP contribution in [-0.4, -0.2) is 23.0 Å². The predicted molar refractivity (Wildman–Crippen MR) is 82.7 cm³/mol. The van der Waals surface area contributed by atoms with Crippen molar-refractivity contribution in [2.75, 3.05) is 5.75 Å². The van der Waals surface area contributed by atoms with Gasteiger partial charge in [-0.2, -0.15) is 0 Å². The molecular formula is C15H21NO2S. The summed E-state index contributed by atoms with van der Waals surface area (Å²) in [6, 6.07) is 1.74. The molecule has 0 atom stereocenters. The molecule has 1 rings (SSSR count). The van der Waals surface area contributed by atoms with Crippen LogP contribution in [0.1, 0.15) is 59.3 Å². The lowest BCUT2D eigenvalue weighted by Crippen LogP contribution is -2.08. The second kappa shape index (κ2) is 6.75. The van der Waals surface area contributed by atoms with E-state index in [-0.39, 0.29) is 0 Å². The Kier molecular flexibility index (Phi) is 5.60. The first-order valence-electron chi connectivity index (χ1n) is 6.42. The highest BCUT2D eigenvalue weighted by atomic mass is 32.2. The Morgan fingerprint density at radius 1 is 1.42 bits per heavy atom. The predicted octanol–water partition coefficient (Wildman–Crippen LogP) is 4.21. The van der Waals surface area contributed by atoms with Crippen molar-refractivity contribution in [3.63, 3.8) is 0 Å². The highest BCUT2D eigenvalue weighted by molar-refractivity contribution is 7.98. The average Bonchev–Trinajstić information content (AvgIpc) is 2.32. The summed E-state index contributed by atoms with van der Waals surface area (Å²) in [5.41, 5.74) is 4.36. The molecule has 0 aliphatic heterocycles. The van der Waals surface area contributed by atoms with Gasteiger partial charge in [0.15, 0.2) is 0 Å². The number of hydrogen-bond acceptors (Lipinski definition) is 3. The number of benzene rings is 1. The number of carbonyl (C=O) groups is 1. The molecule has 0 fully saturated rings. The van der Waals surface area contributed by atoms with Crippen LogP contribution in [0.4, 0.5) is 0 Å². The first-order valence-corrected chi connectivity index (χ1v) is 7.37. The first-order chi connectivity index (χ1) is 8.90. The Bertz CT molecular complexity index is 507. The highest BCUT2D eigenvalue weighted by Crippen LogP contribution is 2.28. The Balaban J connectivity index is 3.44. The van der Waals surface area contributed by atoms with Gasteiger partial charge < -0.3 is 5.11 Å². The fourth-order valence-electron chi connectivity index (χ4n) is 2.23. The fraction of sp³-hybridized carbons (Fsp3) is 0.467.